The molecule has 18 heavy (non-hydrogen) atoms. The molecule has 100 valence electrons. The number of hydrogen-bond donors (Lipinski definition) is 2. The molecule has 0 aliphatic carbocycles. The first-order chi connectivity index (χ1) is 8.75. The van der Waals surface area contributed by atoms with E-state index in [9.17, 15) is 5.11 Å². The van der Waals surface area contributed by atoms with Gasteiger partial charge < -0.3 is 15.2 Å². The topological polar surface area (TPSA) is 41.5 Å². The lowest BCUT2D eigenvalue weighted by Crippen LogP contribution is -2.31. The zero-order valence-electron chi connectivity index (χ0n) is 10.4. The summed E-state index contributed by atoms with van der Waals surface area (Å²) >= 11 is 5.81. The molecule has 2 N–H and O–H groups in total. The molecule has 1 aliphatic rings. The van der Waals surface area contributed by atoms with Crippen molar-refractivity contribution in [2.75, 3.05) is 26.3 Å². The Hall–Kier alpha value is -0.610. The second kappa shape index (κ2) is 7.10. The fourth-order valence-corrected chi connectivity index (χ4v) is 2.32. The third kappa shape index (κ3) is 4.25. The number of rotatable bonds is 5. The van der Waals surface area contributed by atoms with Crippen molar-refractivity contribution < 1.29 is 9.84 Å². The van der Waals surface area contributed by atoms with Crippen molar-refractivity contribution >= 4 is 11.6 Å². The molecule has 2 atom stereocenters. The van der Waals surface area contributed by atoms with Crippen molar-refractivity contribution in [3.8, 4) is 0 Å². The Labute approximate surface area is 113 Å². The minimum absolute atomic E-state index is 0.480. The maximum Gasteiger partial charge on any atom is 0.0914 e. The van der Waals surface area contributed by atoms with E-state index < -0.39 is 6.10 Å². The molecule has 4 heteroatoms. The van der Waals surface area contributed by atoms with Crippen molar-refractivity contribution in [1.29, 1.82) is 0 Å². The first-order valence-electron chi connectivity index (χ1n) is 6.47. The molecule has 1 fully saturated rings. The summed E-state index contributed by atoms with van der Waals surface area (Å²) in [5.41, 5.74) is 0.895. The van der Waals surface area contributed by atoms with Crippen LogP contribution in [0.2, 0.25) is 5.02 Å². The van der Waals surface area contributed by atoms with Crippen molar-refractivity contribution in [1.82, 2.24) is 5.32 Å². The van der Waals surface area contributed by atoms with Gasteiger partial charge >= 0.3 is 0 Å². The highest BCUT2D eigenvalue weighted by molar-refractivity contribution is 6.30. The van der Waals surface area contributed by atoms with Gasteiger partial charge in [-0.3, -0.25) is 0 Å². The van der Waals surface area contributed by atoms with Gasteiger partial charge in [-0.25, -0.2) is 0 Å². The number of nitrogens with one attached hydrogen (secondary N) is 1. The van der Waals surface area contributed by atoms with E-state index in [1.807, 2.05) is 12.1 Å². The number of benzene rings is 1. The lowest BCUT2D eigenvalue weighted by Gasteiger charge is -2.23. The number of ether oxygens (including phenoxy) is 1. The normalized spacial score (nSPS) is 21.8. The zero-order chi connectivity index (χ0) is 12.8. The van der Waals surface area contributed by atoms with Crippen LogP contribution in [-0.4, -0.2) is 31.4 Å². The van der Waals surface area contributed by atoms with Crippen LogP contribution in [0.5, 0.6) is 0 Å². The quantitative estimate of drug-likeness (QED) is 0.862. The maximum absolute atomic E-state index is 10.0. The molecule has 2 unspecified atom stereocenters. The summed E-state index contributed by atoms with van der Waals surface area (Å²) in [7, 11) is 0. The van der Waals surface area contributed by atoms with Gasteiger partial charge in [0.2, 0.25) is 0 Å². The second-order valence-corrected chi connectivity index (χ2v) is 5.25. The van der Waals surface area contributed by atoms with Gasteiger partial charge in [-0.2, -0.15) is 0 Å². The van der Waals surface area contributed by atoms with E-state index in [0.717, 1.165) is 31.7 Å². The van der Waals surface area contributed by atoms with Crippen LogP contribution in [0.3, 0.4) is 0 Å². The lowest BCUT2D eigenvalue weighted by atomic mass is 10.0. The standard InChI is InChI=1S/C14H20ClNO2/c15-13-5-3-12(4-6-13)14(17)9-16-8-11-2-1-7-18-10-11/h3-6,11,14,16-17H,1-2,7-10H2. The largest absolute Gasteiger partial charge is 0.387 e. The molecule has 0 spiro atoms. The Balaban J connectivity index is 1.70. The van der Waals surface area contributed by atoms with Crippen LogP contribution >= 0.6 is 11.6 Å². The van der Waals surface area contributed by atoms with E-state index in [-0.39, 0.29) is 0 Å². The highest BCUT2D eigenvalue weighted by Crippen LogP contribution is 2.16. The van der Waals surface area contributed by atoms with Crippen LogP contribution in [0, 0.1) is 5.92 Å². The molecule has 1 saturated heterocycles. The smallest absolute Gasteiger partial charge is 0.0914 e. The van der Waals surface area contributed by atoms with Gasteiger partial charge in [-0.05, 0) is 36.5 Å². The second-order valence-electron chi connectivity index (χ2n) is 4.81. The molecule has 0 radical (unpaired) electrons. The van der Waals surface area contributed by atoms with Crippen molar-refractivity contribution in [3.63, 3.8) is 0 Å². The number of aliphatic hydroxyl groups is 1. The molecule has 0 bridgehead atoms. The molecular weight excluding hydrogens is 250 g/mol. The molecule has 1 aromatic carbocycles. The number of hydrogen-bond acceptors (Lipinski definition) is 3. The molecule has 0 amide bonds. The first-order valence-corrected chi connectivity index (χ1v) is 6.85. The van der Waals surface area contributed by atoms with Gasteiger partial charge in [0.15, 0.2) is 0 Å². The van der Waals surface area contributed by atoms with Crippen LogP contribution in [0.1, 0.15) is 24.5 Å². The van der Waals surface area contributed by atoms with Crippen LogP contribution < -0.4 is 5.32 Å². The average molecular weight is 270 g/mol. The summed E-state index contributed by atoms with van der Waals surface area (Å²) in [5.74, 6) is 0.580. The molecule has 1 heterocycles. The summed E-state index contributed by atoms with van der Waals surface area (Å²) in [6.07, 6.45) is 1.88. The van der Waals surface area contributed by atoms with Crippen LogP contribution in [0.4, 0.5) is 0 Å². The van der Waals surface area contributed by atoms with E-state index in [1.165, 1.54) is 6.42 Å². The SMILES string of the molecule is OC(CNCC1CCCOC1)c1ccc(Cl)cc1. The summed E-state index contributed by atoms with van der Waals surface area (Å²) in [6.45, 7) is 3.21. The van der Waals surface area contributed by atoms with Crippen LogP contribution in [0.25, 0.3) is 0 Å². The molecule has 1 aromatic rings. The van der Waals surface area contributed by atoms with Gasteiger partial charge in [0.1, 0.15) is 0 Å². The zero-order valence-corrected chi connectivity index (χ0v) is 11.2. The predicted octanol–water partition coefficient (Wildman–Crippen LogP) is 2.39. The summed E-state index contributed by atoms with van der Waals surface area (Å²) in [5, 5.41) is 14.0. The Morgan fingerprint density at radius 2 is 2.17 bits per heavy atom. The molecular formula is C14H20ClNO2. The summed E-state index contributed by atoms with van der Waals surface area (Å²) < 4.78 is 5.42. The van der Waals surface area contributed by atoms with Crippen molar-refractivity contribution in [2.24, 2.45) is 5.92 Å². The Bertz CT molecular complexity index is 349. The molecule has 3 nitrogen and oxygen atoms in total. The van der Waals surface area contributed by atoms with Crippen LogP contribution in [0.15, 0.2) is 24.3 Å². The van der Waals surface area contributed by atoms with Gasteiger partial charge in [-0.1, -0.05) is 23.7 Å². The van der Waals surface area contributed by atoms with E-state index in [1.54, 1.807) is 12.1 Å². The third-order valence-corrected chi connectivity index (χ3v) is 3.53. The monoisotopic (exact) mass is 269 g/mol. The van der Waals surface area contributed by atoms with Gasteiger partial charge in [0.05, 0.1) is 12.7 Å². The van der Waals surface area contributed by atoms with Gasteiger partial charge in [-0.15, -0.1) is 0 Å². The van der Waals surface area contributed by atoms with E-state index in [4.69, 9.17) is 16.3 Å². The van der Waals surface area contributed by atoms with Gasteiger partial charge in [0, 0.05) is 24.7 Å². The number of aliphatic hydroxyl groups excluding tert-OH is 1. The molecule has 1 aliphatic heterocycles. The maximum atomic E-state index is 10.0. The van der Waals surface area contributed by atoms with Crippen LogP contribution in [-0.2, 0) is 4.74 Å². The Morgan fingerprint density at radius 3 is 2.83 bits per heavy atom. The van der Waals surface area contributed by atoms with E-state index in [2.05, 4.69) is 5.32 Å². The highest BCUT2D eigenvalue weighted by atomic mass is 35.5. The lowest BCUT2D eigenvalue weighted by molar-refractivity contribution is 0.0532. The summed E-state index contributed by atoms with van der Waals surface area (Å²) in [6, 6.07) is 7.32. The average Bonchev–Trinajstić information content (AvgIpc) is 2.40. The summed E-state index contributed by atoms with van der Waals surface area (Å²) in [4.78, 5) is 0. The molecule has 0 aromatic heterocycles. The van der Waals surface area contributed by atoms with E-state index in [0.29, 0.717) is 17.5 Å². The molecule has 0 saturated carbocycles. The van der Waals surface area contributed by atoms with E-state index >= 15 is 0 Å². The minimum atomic E-state index is -0.480. The fraction of sp³-hybridized carbons (Fsp3) is 0.571. The fourth-order valence-electron chi connectivity index (χ4n) is 2.20. The van der Waals surface area contributed by atoms with Crippen molar-refractivity contribution in [2.45, 2.75) is 18.9 Å². The first kappa shape index (κ1) is 13.8. The molecule has 2 rings (SSSR count). The predicted molar refractivity (Wildman–Crippen MR) is 72.8 cm³/mol. The van der Waals surface area contributed by atoms with Crippen molar-refractivity contribution in [3.05, 3.63) is 34.9 Å². The highest BCUT2D eigenvalue weighted by Gasteiger charge is 2.14. The van der Waals surface area contributed by atoms with Gasteiger partial charge in [0.25, 0.3) is 0 Å². The number of halogens is 1. The third-order valence-electron chi connectivity index (χ3n) is 3.28. The Morgan fingerprint density at radius 1 is 1.39 bits per heavy atom. The minimum Gasteiger partial charge on any atom is -0.387 e. The Kier molecular flexibility index (Phi) is 5.45.